The molecule has 1 N–H and O–H groups in total. The lowest BCUT2D eigenvalue weighted by Gasteiger charge is -2.21. The maximum Gasteiger partial charge on any atom is 0.220 e. The highest BCUT2D eigenvalue weighted by Crippen LogP contribution is 2.28. The maximum atomic E-state index is 13.2. The zero-order chi connectivity index (χ0) is 13.0. The minimum Gasteiger partial charge on any atom is -0.359 e. The van der Waals surface area contributed by atoms with Crippen molar-refractivity contribution in [1.29, 1.82) is 0 Å². The van der Waals surface area contributed by atoms with E-state index in [9.17, 15) is 9.18 Å². The van der Waals surface area contributed by atoms with Crippen molar-refractivity contribution in [1.82, 2.24) is 5.32 Å². The van der Waals surface area contributed by atoms with Crippen molar-refractivity contribution in [3.05, 3.63) is 35.1 Å². The highest BCUT2D eigenvalue weighted by Gasteiger charge is 2.19. The second-order valence-electron chi connectivity index (χ2n) is 4.74. The number of hydrogen-bond acceptors (Lipinski definition) is 1. The second kappa shape index (κ2) is 5.80. The molecule has 0 saturated heterocycles. The Labute approximate surface area is 102 Å². The minimum atomic E-state index is -0.198. The van der Waals surface area contributed by atoms with Crippen molar-refractivity contribution in [2.24, 2.45) is 5.92 Å². The molecule has 1 amide bonds. The highest BCUT2D eigenvalue weighted by molar-refractivity contribution is 5.76. The van der Waals surface area contributed by atoms with Crippen LogP contribution in [0.5, 0.6) is 0 Å². The van der Waals surface area contributed by atoms with E-state index in [4.69, 9.17) is 0 Å². The molecule has 94 valence electrons. The summed E-state index contributed by atoms with van der Waals surface area (Å²) < 4.78 is 13.2. The largest absolute Gasteiger partial charge is 0.359 e. The number of carbonyl (C=O) groups excluding carboxylic acids is 1. The molecular formula is C14H20FNO. The molecule has 17 heavy (non-hydrogen) atoms. The average Bonchev–Trinajstić information content (AvgIpc) is 2.29. The summed E-state index contributed by atoms with van der Waals surface area (Å²) in [5.41, 5.74) is 1.66. The lowest BCUT2D eigenvalue weighted by Crippen LogP contribution is -2.22. The summed E-state index contributed by atoms with van der Waals surface area (Å²) in [4.78, 5) is 11.5. The van der Waals surface area contributed by atoms with Gasteiger partial charge in [-0.2, -0.15) is 0 Å². The van der Waals surface area contributed by atoms with Crippen LogP contribution in [-0.4, -0.2) is 13.0 Å². The molecule has 1 atom stereocenters. The molecule has 1 rings (SSSR count). The molecule has 2 nitrogen and oxygen atoms in total. The van der Waals surface area contributed by atoms with Crippen molar-refractivity contribution >= 4 is 5.91 Å². The lowest BCUT2D eigenvalue weighted by molar-refractivity contribution is -0.121. The number of rotatable bonds is 4. The monoisotopic (exact) mass is 237 g/mol. The normalized spacial score (nSPS) is 12.6. The van der Waals surface area contributed by atoms with Crippen LogP contribution in [0.3, 0.4) is 0 Å². The van der Waals surface area contributed by atoms with E-state index in [0.29, 0.717) is 17.9 Å². The Bertz CT molecular complexity index is 401. The number of carbonyl (C=O) groups is 1. The van der Waals surface area contributed by atoms with E-state index < -0.39 is 0 Å². The van der Waals surface area contributed by atoms with Gasteiger partial charge in [0.2, 0.25) is 5.91 Å². The van der Waals surface area contributed by atoms with Crippen molar-refractivity contribution < 1.29 is 9.18 Å². The standard InChI is InChI=1S/C14H20FNO/c1-9(2)12(8-14(17)16-4)11-5-6-13(15)10(3)7-11/h5-7,9,12H,8H2,1-4H3,(H,16,17). The van der Waals surface area contributed by atoms with Crippen LogP contribution < -0.4 is 5.32 Å². The third-order valence-corrected chi connectivity index (χ3v) is 3.10. The highest BCUT2D eigenvalue weighted by atomic mass is 19.1. The SMILES string of the molecule is CNC(=O)CC(c1ccc(F)c(C)c1)C(C)C. The van der Waals surface area contributed by atoms with Crippen molar-refractivity contribution in [2.45, 2.75) is 33.1 Å². The Kier molecular flexibility index (Phi) is 4.67. The predicted octanol–water partition coefficient (Wildman–Crippen LogP) is 3.01. The minimum absolute atomic E-state index is 0.0191. The van der Waals surface area contributed by atoms with Gasteiger partial charge in [0.05, 0.1) is 0 Å². The molecule has 1 aromatic carbocycles. The first-order valence-corrected chi connectivity index (χ1v) is 5.92. The zero-order valence-electron chi connectivity index (χ0n) is 10.9. The third-order valence-electron chi connectivity index (χ3n) is 3.10. The van der Waals surface area contributed by atoms with E-state index in [1.54, 1.807) is 20.0 Å². The lowest BCUT2D eigenvalue weighted by atomic mass is 9.85. The molecule has 0 aliphatic rings. The van der Waals surface area contributed by atoms with Gasteiger partial charge in [0.1, 0.15) is 5.82 Å². The van der Waals surface area contributed by atoms with Crippen LogP contribution in [0.15, 0.2) is 18.2 Å². The van der Waals surface area contributed by atoms with Gasteiger partial charge in [-0.3, -0.25) is 4.79 Å². The molecule has 0 fully saturated rings. The molecule has 3 heteroatoms. The van der Waals surface area contributed by atoms with Crippen LogP contribution in [0, 0.1) is 18.7 Å². The number of aryl methyl sites for hydroxylation is 1. The summed E-state index contributed by atoms with van der Waals surface area (Å²) in [7, 11) is 1.63. The molecule has 0 spiro atoms. The van der Waals surface area contributed by atoms with Gasteiger partial charge in [0, 0.05) is 13.5 Å². The summed E-state index contributed by atoms with van der Waals surface area (Å²) in [5.74, 6) is 0.299. The number of benzene rings is 1. The van der Waals surface area contributed by atoms with E-state index in [1.165, 1.54) is 6.07 Å². The molecule has 1 unspecified atom stereocenters. The third kappa shape index (κ3) is 3.55. The Morgan fingerprint density at radius 3 is 2.53 bits per heavy atom. The predicted molar refractivity (Wildman–Crippen MR) is 67.4 cm³/mol. The molecular weight excluding hydrogens is 217 g/mol. The summed E-state index contributed by atoms with van der Waals surface area (Å²) in [6, 6.07) is 5.09. The van der Waals surface area contributed by atoms with E-state index in [0.717, 1.165) is 5.56 Å². The van der Waals surface area contributed by atoms with Gasteiger partial charge in [-0.25, -0.2) is 4.39 Å². The number of amides is 1. The van der Waals surface area contributed by atoms with Crippen LogP contribution in [0.4, 0.5) is 4.39 Å². The second-order valence-corrected chi connectivity index (χ2v) is 4.74. The van der Waals surface area contributed by atoms with Gasteiger partial charge in [-0.1, -0.05) is 26.0 Å². The van der Waals surface area contributed by atoms with Gasteiger partial charge < -0.3 is 5.32 Å². The molecule has 0 aromatic heterocycles. The van der Waals surface area contributed by atoms with E-state index in [-0.39, 0.29) is 17.6 Å². The summed E-state index contributed by atoms with van der Waals surface area (Å²) in [6.07, 6.45) is 0.444. The topological polar surface area (TPSA) is 29.1 Å². The molecule has 0 saturated carbocycles. The van der Waals surface area contributed by atoms with E-state index >= 15 is 0 Å². The van der Waals surface area contributed by atoms with Crippen molar-refractivity contribution in [2.75, 3.05) is 7.05 Å². The summed E-state index contributed by atoms with van der Waals surface area (Å²) >= 11 is 0. The molecule has 0 heterocycles. The average molecular weight is 237 g/mol. The van der Waals surface area contributed by atoms with Gasteiger partial charge in [0.25, 0.3) is 0 Å². The fourth-order valence-electron chi connectivity index (χ4n) is 1.94. The van der Waals surface area contributed by atoms with Crippen LogP contribution in [0.2, 0.25) is 0 Å². The van der Waals surface area contributed by atoms with Crippen LogP contribution in [-0.2, 0) is 4.79 Å². The molecule has 0 radical (unpaired) electrons. The van der Waals surface area contributed by atoms with Crippen LogP contribution in [0.25, 0.3) is 0 Å². The maximum absolute atomic E-state index is 13.2. The summed E-state index contributed by atoms with van der Waals surface area (Å²) in [5, 5.41) is 2.63. The molecule has 1 aromatic rings. The van der Waals surface area contributed by atoms with E-state index in [1.807, 2.05) is 6.07 Å². The number of nitrogens with one attached hydrogen (secondary N) is 1. The first kappa shape index (κ1) is 13.7. The fourth-order valence-corrected chi connectivity index (χ4v) is 1.94. The number of halogens is 1. The Balaban J connectivity index is 2.97. The van der Waals surface area contributed by atoms with Crippen molar-refractivity contribution in [3.63, 3.8) is 0 Å². The quantitative estimate of drug-likeness (QED) is 0.857. The Morgan fingerprint density at radius 2 is 2.06 bits per heavy atom. The zero-order valence-corrected chi connectivity index (χ0v) is 10.9. The number of hydrogen-bond donors (Lipinski definition) is 1. The van der Waals surface area contributed by atoms with Crippen LogP contribution in [0.1, 0.15) is 37.3 Å². The summed E-state index contributed by atoms with van der Waals surface area (Å²) in [6.45, 7) is 5.90. The Hall–Kier alpha value is -1.38. The first-order chi connectivity index (χ1) is 7.95. The van der Waals surface area contributed by atoms with Crippen LogP contribution >= 0.6 is 0 Å². The van der Waals surface area contributed by atoms with Gasteiger partial charge in [-0.05, 0) is 36.0 Å². The first-order valence-electron chi connectivity index (χ1n) is 5.92. The van der Waals surface area contributed by atoms with Crippen molar-refractivity contribution in [3.8, 4) is 0 Å². The molecule has 0 aliphatic heterocycles. The Morgan fingerprint density at radius 1 is 1.41 bits per heavy atom. The van der Waals surface area contributed by atoms with Gasteiger partial charge in [-0.15, -0.1) is 0 Å². The van der Waals surface area contributed by atoms with Gasteiger partial charge in [0.15, 0.2) is 0 Å². The fraction of sp³-hybridized carbons (Fsp3) is 0.500. The van der Waals surface area contributed by atoms with Gasteiger partial charge >= 0.3 is 0 Å². The smallest absolute Gasteiger partial charge is 0.220 e. The van der Waals surface area contributed by atoms with E-state index in [2.05, 4.69) is 19.2 Å². The molecule has 0 bridgehead atoms. The molecule has 0 aliphatic carbocycles.